The van der Waals surface area contributed by atoms with E-state index in [4.69, 9.17) is 4.74 Å². The highest BCUT2D eigenvalue weighted by Crippen LogP contribution is 2.30. The first-order valence-electron chi connectivity index (χ1n) is 5.28. The second kappa shape index (κ2) is 3.89. The molecule has 1 N–H and O–H groups in total. The Bertz CT molecular complexity index is 214. The maximum absolute atomic E-state index is 11.4. The van der Waals surface area contributed by atoms with Gasteiger partial charge in [-0.1, -0.05) is 0 Å². The standard InChI is InChI=1S/C11H21NO2/c1-10(2,3)14-9(13)8-12-11(4)6-5-7-11/h12H,5-8H2,1-4H3. The lowest BCUT2D eigenvalue weighted by atomic mass is 9.78. The summed E-state index contributed by atoms with van der Waals surface area (Å²) in [6.45, 7) is 8.14. The average Bonchev–Trinajstić information content (AvgIpc) is 1.94. The van der Waals surface area contributed by atoms with Crippen molar-refractivity contribution in [1.82, 2.24) is 5.32 Å². The van der Waals surface area contributed by atoms with Crippen LogP contribution < -0.4 is 5.32 Å². The van der Waals surface area contributed by atoms with Crippen LogP contribution in [0.2, 0.25) is 0 Å². The molecule has 0 spiro atoms. The van der Waals surface area contributed by atoms with Crippen LogP contribution in [0.4, 0.5) is 0 Å². The van der Waals surface area contributed by atoms with Crippen molar-refractivity contribution in [3.8, 4) is 0 Å². The van der Waals surface area contributed by atoms with Crippen LogP contribution in [0.1, 0.15) is 47.0 Å². The van der Waals surface area contributed by atoms with Gasteiger partial charge in [0.05, 0.1) is 6.54 Å². The van der Waals surface area contributed by atoms with Gasteiger partial charge in [0.1, 0.15) is 5.60 Å². The highest BCUT2D eigenvalue weighted by atomic mass is 16.6. The summed E-state index contributed by atoms with van der Waals surface area (Å²) in [5, 5.41) is 3.24. The lowest BCUT2D eigenvalue weighted by Gasteiger charge is -2.39. The molecule has 0 aromatic rings. The van der Waals surface area contributed by atoms with Gasteiger partial charge in [0.15, 0.2) is 0 Å². The molecule has 0 aromatic carbocycles. The van der Waals surface area contributed by atoms with Gasteiger partial charge in [-0.25, -0.2) is 0 Å². The first kappa shape index (κ1) is 11.5. The monoisotopic (exact) mass is 199 g/mol. The molecule has 0 aliphatic heterocycles. The predicted octanol–water partition coefficient (Wildman–Crippen LogP) is 1.86. The summed E-state index contributed by atoms with van der Waals surface area (Å²) in [6.07, 6.45) is 3.59. The van der Waals surface area contributed by atoms with Crippen molar-refractivity contribution in [2.45, 2.75) is 58.1 Å². The lowest BCUT2D eigenvalue weighted by Crippen LogP contribution is -2.50. The lowest BCUT2D eigenvalue weighted by molar-refractivity contribution is -0.154. The van der Waals surface area contributed by atoms with Gasteiger partial charge in [0.2, 0.25) is 0 Å². The SMILES string of the molecule is CC1(NCC(=O)OC(C)(C)C)CCC1. The van der Waals surface area contributed by atoms with Crippen molar-refractivity contribution in [1.29, 1.82) is 0 Å². The third-order valence-electron chi connectivity index (χ3n) is 2.54. The molecule has 0 saturated heterocycles. The first-order valence-corrected chi connectivity index (χ1v) is 5.28. The van der Waals surface area contributed by atoms with Crippen LogP contribution in [0.25, 0.3) is 0 Å². The molecule has 1 fully saturated rings. The molecule has 0 radical (unpaired) electrons. The van der Waals surface area contributed by atoms with Gasteiger partial charge in [-0.2, -0.15) is 0 Å². The van der Waals surface area contributed by atoms with Crippen molar-refractivity contribution in [2.75, 3.05) is 6.54 Å². The molecule has 82 valence electrons. The number of hydrogen-bond acceptors (Lipinski definition) is 3. The largest absolute Gasteiger partial charge is 0.459 e. The number of rotatable bonds is 3. The Kier molecular flexibility index (Phi) is 3.20. The molecule has 3 nitrogen and oxygen atoms in total. The fourth-order valence-corrected chi connectivity index (χ4v) is 1.55. The Labute approximate surface area is 86.2 Å². The smallest absolute Gasteiger partial charge is 0.320 e. The Balaban J connectivity index is 2.21. The number of carbonyl (C=O) groups is 1. The molecule has 0 amide bonds. The zero-order chi connectivity index (χ0) is 10.8. The molecular formula is C11H21NO2. The highest BCUT2D eigenvalue weighted by Gasteiger charge is 2.31. The highest BCUT2D eigenvalue weighted by molar-refractivity contribution is 5.72. The number of nitrogens with one attached hydrogen (secondary N) is 1. The van der Waals surface area contributed by atoms with Crippen molar-refractivity contribution in [3.05, 3.63) is 0 Å². The van der Waals surface area contributed by atoms with Gasteiger partial charge in [-0.15, -0.1) is 0 Å². The van der Waals surface area contributed by atoms with Gasteiger partial charge >= 0.3 is 5.97 Å². The predicted molar refractivity (Wildman–Crippen MR) is 56.1 cm³/mol. The molecule has 3 heteroatoms. The van der Waals surface area contributed by atoms with Gasteiger partial charge in [0.25, 0.3) is 0 Å². The molecule has 0 bridgehead atoms. The minimum absolute atomic E-state index is 0.161. The Morgan fingerprint density at radius 1 is 1.43 bits per heavy atom. The average molecular weight is 199 g/mol. The number of carbonyl (C=O) groups excluding carboxylic acids is 1. The molecule has 0 aromatic heterocycles. The minimum atomic E-state index is -0.376. The second-order valence-electron chi connectivity index (χ2n) is 5.35. The third-order valence-corrected chi connectivity index (χ3v) is 2.54. The first-order chi connectivity index (χ1) is 6.31. The topological polar surface area (TPSA) is 38.3 Å². The molecule has 0 unspecified atom stereocenters. The van der Waals surface area contributed by atoms with Crippen LogP contribution >= 0.6 is 0 Å². The van der Waals surface area contributed by atoms with Gasteiger partial charge in [-0.05, 0) is 47.0 Å². The maximum atomic E-state index is 11.4. The zero-order valence-corrected chi connectivity index (χ0v) is 9.64. The van der Waals surface area contributed by atoms with Crippen LogP contribution in [0.5, 0.6) is 0 Å². The molecule has 1 rings (SSSR count). The molecule has 0 atom stereocenters. The normalized spacial score (nSPS) is 20.0. The van der Waals surface area contributed by atoms with E-state index in [-0.39, 0.29) is 17.1 Å². The summed E-state index contributed by atoms with van der Waals surface area (Å²) in [6, 6.07) is 0. The summed E-state index contributed by atoms with van der Waals surface area (Å²) in [5.74, 6) is -0.161. The van der Waals surface area contributed by atoms with E-state index in [2.05, 4.69) is 12.2 Å². The number of ether oxygens (including phenoxy) is 1. The molecule has 1 saturated carbocycles. The molecule has 0 heterocycles. The van der Waals surface area contributed by atoms with E-state index >= 15 is 0 Å². The quantitative estimate of drug-likeness (QED) is 0.705. The van der Waals surface area contributed by atoms with E-state index < -0.39 is 0 Å². The van der Waals surface area contributed by atoms with Gasteiger partial charge in [0, 0.05) is 5.54 Å². The summed E-state index contributed by atoms with van der Waals surface area (Å²) in [4.78, 5) is 11.4. The minimum Gasteiger partial charge on any atom is -0.459 e. The summed E-state index contributed by atoms with van der Waals surface area (Å²) < 4.78 is 5.20. The molecule has 1 aliphatic carbocycles. The van der Waals surface area contributed by atoms with Crippen LogP contribution in [0.15, 0.2) is 0 Å². The molecule has 1 aliphatic rings. The van der Waals surface area contributed by atoms with E-state index in [1.54, 1.807) is 0 Å². The summed E-state index contributed by atoms with van der Waals surface area (Å²) in [5.41, 5.74) is -0.198. The summed E-state index contributed by atoms with van der Waals surface area (Å²) in [7, 11) is 0. The third kappa shape index (κ3) is 3.66. The molecular weight excluding hydrogens is 178 g/mol. The van der Waals surface area contributed by atoms with E-state index in [1.165, 1.54) is 6.42 Å². The van der Waals surface area contributed by atoms with E-state index in [9.17, 15) is 4.79 Å². The summed E-state index contributed by atoms with van der Waals surface area (Å²) >= 11 is 0. The fraction of sp³-hybridized carbons (Fsp3) is 0.909. The fourth-order valence-electron chi connectivity index (χ4n) is 1.55. The van der Waals surface area contributed by atoms with Gasteiger partial charge < -0.3 is 10.1 Å². The van der Waals surface area contributed by atoms with E-state index in [1.807, 2.05) is 20.8 Å². The van der Waals surface area contributed by atoms with E-state index in [0.717, 1.165) is 12.8 Å². The van der Waals surface area contributed by atoms with Crippen LogP contribution in [0, 0.1) is 0 Å². The van der Waals surface area contributed by atoms with Crippen LogP contribution in [0.3, 0.4) is 0 Å². The Morgan fingerprint density at radius 3 is 2.36 bits per heavy atom. The number of hydrogen-bond donors (Lipinski definition) is 1. The maximum Gasteiger partial charge on any atom is 0.320 e. The zero-order valence-electron chi connectivity index (χ0n) is 9.64. The second-order valence-corrected chi connectivity index (χ2v) is 5.35. The number of esters is 1. The van der Waals surface area contributed by atoms with Crippen molar-refractivity contribution < 1.29 is 9.53 Å². The van der Waals surface area contributed by atoms with Crippen LogP contribution in [-0.2, 0) is 9.53 Å². The van der Waals surface area contributed by atoms with Crippen molar-refractivity contribution in [2.24, 2.45) is 0 Å². The van der Waals surface area contributed by atoms with Crippen molar-refractivity contribution in [3.63, 3.8) is 0 Å². The Hall–Kier alpha value is -0.570. The van der Waals surface area contributed by atoms with Crippen LogP contribution in [-0.4, -0.2) is 23.7 Å². The molecule has 14 heavy (non-hydrogen) atoms. The Morgan fingerprint density at radius 2 is 2.00 bits per heavy atom. The van der Waals surface area contributed by atoms with Crippen molar-refractivity contribution >= 4 is 5.97 Å². The van der Waals surface area contributed by atoms with E-state index in [0.29, 0.717) is 6.54 Å². The van der Waals surface area contributed by atoms with Gasteiger partial charge in [-0.3, -0.25) is 4.79 Å².